The minimum absolute atomic E-state index is 1.17. The van der Waals surface area contributed by atoms with Crippen LogP contribution in [-0.2, 0) is 10.5 Å². The largest absolute Gasteiger partial charge is 0.502 e. The molecule has 1 N–H and O–H groups in total. The molecule has 0 aromatic rings. The van der Waals surface area contributed by atoms with Crippen molar-refractivity contribution in [3.05, 3.63) is 5.21 Å². The molecule has 0 aromatic carbocycles. The Bertz CT molecular complexity index is 138. The van der Waals surface area contributed by atoms with Crippen molar-refractivity contribution in [2.24, 2.45) is 0 Å². The molecule has 0 bridgehead atoms. The molecule has 0 radical (unpaired) electrons. The van der Waals surface area contributed by atoms with Gasteiger partial charge in [0.05, 0.1) is 0 Å². The highest BCUT2D eigenvalue weighted by Gasteiger charge is 1.74. The summed E-state index contributed by atoms with van der Waals surface area (Å²) in [4.78, 5) is 0. The standard InChI is InChI=1S/HNO4S/c2-1(3)6(4)5/h(H,2,3). The molecule has 0 aliphatic rings. The van der Waals surface area contributed by atoms with E-state index in [0.717, 1.165) is 0 Å². The van der Waals surface area contributed by atoms with E-state index in [1.807, 2.05) is 0 Å². The highest BCUT2D eigenvalue weighted by Crippen LogP contribution is 1.47. The minimum atomic E-state index is -3.03. The zero-order valence-electron chi connectivity index (χ0n) is 2.53. The van der Waals surface area contributed by atoms with Crippen LogP contribution in [0.4, 0.5) is 0 Å². The first-order chi connectivity index (χ1) is 2.64. The molecule has 0 aliphatic carbocycles. The molecule has 0 spiro atoms. The third-order valence-electron chi connectivity index (χ3n) is 0.128. The smallest absolute Gasteiger partial charge is 0.496 e. The summed E-state index contributed by atoms with van der Waals surface area (Å²) in [6.45, 7) is 0. The molecular formula is HNO4S. The first-order valence-corrected chi connectivity index (χ1v) is 1.93. The van der Waals surface area contributed by atoms with Crippen LogP contribution < -0.4 is 0 Å². The van der Waals surface area contributed by atoms with E-state index in [-0.39, 0.29) is 0 Å². The van der Waals surface area contributed by atoms with Crippen molar-refractivity contribution in [2.45, 2.75) is 0 Å². The number of rotatable bonds is 0. The number of nitrogens with zero attached hydrogens (tertiary/aromatic N) is 1. The molecular weight excluding hydrogens is 110 g/mol. The lowest BCUT2D eigenvalue weighted by atomic mass is 13.3. The molecule has 0 saturated carbocycles. The van der Waals surface area contributed by atoms with Crippen LogP contribution in [0.3, 0.4) is 0 Å². The van der Waals surface area contributed by atoms with Crippen LogP contribution in [0, 0.1) is 5.21 Å². The average Bonchev–Trinajstić information content (AvgIpc) is 1.36. The SMILES string of the molecule is O=S(=O)=[N+]([O-])O. The van der Waals surface area contributed by atoms with E-state index in [2.05, 4.69) is 0 Å². The van der Waals surface area contributed by atoms with Gasteiger partial charge in [0.1, 0.15) is 0 Å². The summed E-state index contributed by atoms with van der Waals surface area (Å²) in [6, 6.07) is 0. The third-order valence-corrected chi connectivity index (χ3v) is 0.383. The van der Waals surface area contributed by atoms with Gasteiger partial charge in [-0.3, -0.25) is 0 Å². The molecule has 0 amide bonds. The maximum atomic E-state index is 9.06. The van der Waals surface area contributed by atoms with Gasteiger partial charge < -0.3 is 5.21 Å². The second-order valence-corrected chi connectivity index (χ2v) is 1.20. The van der Waals surface area contributed by atoms with Crippen LogP contribution in [0.25, 0.3) is 0 Å². The number of hydrogen-bond donors (Lipinski definition) is 1. The van der Waals surface area contributed by atoms with Crippen molar-refractivity contribution in [1.29, 1.82) is 0 Å². The van der Waals surface area contributed by atoms with E-state index in [9.17, 15) is 0 Å². The second-order valence-electron chi connectivity index (χ2n) is 0.455. The van der Waals surface area contributed by atoms with E-state index >= 15 is 0 Å². The normalized spacial score (nSPS) is 7.67. The molecule has 6 heteroatoms. The highest BCUT2D eigenvalue weighted by molar-refractivity contribution is 7.58. The van der Waals surface area contributed by atoms with Crippen molar-refractivity contribution in [3.8, 4) is 0 Å². The Labute approximate surface area is 34.7 Å². The summed E-state index contributed by atoms with van der Waals surface area (Å²) >= 11 is 0. The fourth-order valence-electron chi connectivity index (χ4n) is 0. The summed E-state index contributed by atoms with van der Waals surface area (Å²) in [6.07, 6.45) is 0. The van der Waals surface area contributed by atoms with Gasteiger partial charge >= 0.3 is 10.5 Å². The van der Waals surface area contributed by atoms with Gasteiger partial charge in [-0.05, 0) is 0 Å². The maximum absolute atomic E-state index is 9.06. The van der Waals surface area contributed by atoms with Crippen molar-refractivity contribution < 1.29 is 17.9 Å². The van der Waals surface area contributed by atoms with Crippen LogP contribution >= 0.6 is 0 Å². The van der Waals surface area contributed by atoms with Gasteiger partial charge in [0.15, 0.2) is 0 Å². The van der Waals surface area contributed by atoms with E-state index in [1.165, 1.54) is 0 Å². The van der Waals surface area contributed by atoms with Crippen LogP contribution in [0.2, 0.25) is 0 Å². The first kappa shape index (κ1) is 5.54. The fraction of sp³-hybridized carbons (Fsp3) is 0. The molecule has 0 aliphatic heterocycles. The molecule has 6 heavy (non-hydrogen) atoms. The maximum Gasteiger partial charge on any atom is 0.502 e. The van der Waals surface area contributed by atoms with E-state index in [1.54, 1.807) is 0 Å². The molecule has 0 atom stereocenters. The summed E-state index contributed by atoms with van der Waals surface area (Å²) in [5, 5.41) is 16.3. The van der Waals surface area contributed by atoms with Crippen LogP contribution in [0.15, 0.2) is 0 Å². The highest BCUT2D eigenvalue weighted by atomic mass is 32.2. The van der Waals surface area contributed by atoms with Gasteiger partial charge in [-0.1, -0.05) is 0 Å². The molecule has 0 rings (SSSR count). The van der Waals surface area contributed by atoms with Gasteiger partial charge in [0.2, 0.25) is 0 Å². The van der Waals surface area contributed by atoms with Gasteiger partial charge in [0, 0.05) is 4.27 Å². The number of hydrogen-bond acceptors (Lipinski definition) is 3. The van der Waals surface area contributed by atoms with Crippen molar-refractivity contribution in [3.63, 3.8) is 0 Å². The summed E-state index contributed by atoms with van der Waals surface area (Å²) in [5.41, 5.74) is 0. The van der Waals surface area contributed by atoms with Crippen molar-refractivity contribution in [2.75, 3.05) is 0 Å². The lowest BCUT2D eigenvalue weighted by Gasteiger charge is -1.71. The zero-order valence-corrected chi connectivity index (χ0v) is 3.34. The summed E-state index contributed by atoms with van der Waals surface area (Å²) in [5.74, 6) is 0. The Kier molecular flexibility index (Phi) is 1.71. The van der Waals surface area contributed by atoms with Crippen LogP contribution in [0.1, 0.15) is 0 Å². The van der Waals surface area contributed by atoms with Gasteiger partial charge in [-0.15, -0.1) is 13.6 Å². The quantitative estimate of drug-likeness (QED) is 0.404. The Morgan fingerprint density at radius 2 is 1.83 bits per heavy atom. The topological polar surface area (TPSA) is 80.4 Å². The lowest BCUT2D eigenvalue weighted by molar-refractivity contribution is -0.706. The average molecular weight is 111 g/mol. The summed E-state index contributed by atoms with van der Waals surface area (Å²) < 4.78 is 17.0. The molecule has 36 valence electrons. The molecule has 0 heterocycles. The Balaban J connectivity index is 4.58. The molecule has 0 unspecified atom stereocenters. The van der Waals surface area contributed by atoms with Crippen LogP contribution in [-0.4, -0.2) is 17.9 Å². The monoisotopic (exact) mass is 111 g/mol. The van der Waals surface area contributed by atoms with E-state index < -0.39 is 14.8 Å². The Hall–Kier alpha value is -0.460. The van der Waals surface area contributed by atoms with Crippen LogP contribution in [0.5, 0.6) is 0 Å². The van der Waals surface area contributed by atoms with Gasteiger partial charge in [0.25, 0.3) is 0 Å². The zero-order chi connectivity index (χ0) is 5.15. The molecule has 0 aromatic heterocycles. The van der Waals surface area contributed by atoms with E-state index in [0.29, 0.717) is 0 Å². The fourth-order valence-corrected chi connectivity index (χ4v) is 0. The predicted molar refractivity (Wildman–Crippen MR) is 14.3 cm³/mol. The van der Waals surface area contributed by atoms with E-state index in [4.69, 9.17) is 18.8 Å². The lowest BCUT2D eigenvalue weighted by Crippen LogP contribution is -1.89. The second kappa shape index (κ2) is 1.85. The first-order valence-electron chi connectivity index (χ1n) is 0.898. The van der Waals surface area contributed by atoms with Gasteiger partial charge in [-0.2, -0.15) is 0 Å². The third kappa shape index (κ3) is 1.82. The molecule has 0 fully saturated rings. The Morgan fingerprint density at radius 3 is 1.83 bits per heavy atom. The Morgan fingerprint density at radius 1 is 1.67 bits per heavy atom. The molecule has 0 saturated heterocycles. The molecule has 5 nitrogen and oxygen atoms in total. The van der Waals surface area contributed by atoms with Crippen molar-refractivity contribution in [1.82, 2.24) is 0 Å². The summed E-state index contributed by atoms with van der Waals surface area (Å²) in [7, 11) is -3.03. The minimum Gasteiger partial charge on any atom is -0.496 e. The predicted octanol–water partition coefficient (Wildman–Crippen LogP) is -1.05. The van der Waals surface area contributed by atoms with Gasteiger partial charge in [-0.25, -0.2) is 0 Å². The van der Waals surface area contributed by atoms with Crippen molar-refractivity contribution >= 4 is 10.5 Å².